The Morgan fingerprint density at radius 2 is 0.900 bits per heavy atom. The highest BCUT2D eigenvalue weighted by Crippen LogP contribution is 2.06. The number of carbonyl (C=O) groups is 2. The lowest BCUT2D eigenvalue weighted by atomic mass is 10.1. The van der Waals surface area contributed by atoms with Crippen molar-refractivity contribution in [3.8, 4) is 0 Å². The minimum atomic E-state index is -0.304. The Kier molecular flexibility index (Phi) is 22.4. The van der Waals surface area contributed by atoms with E-state index in [0.29, 0.717) is 13.2 Å². The molecule has 0 aliphatic heterocycles. The van der Waals surface area contributed by atoms with Crippen molar-refractivity contribution in [1.82, 2.24) is 0 Å². The van der Waals surface area contributed by atoms with E-state index in [0.717, 1.165) is 51.4 Å². The molecule has 0 aromatic carbocycles. The SMILES string of the molecule is CCCC/C=C/CCCCCOC(=O)CCC(=O)OCCCCC/C=C/CCCC. The van der Waals surface area contributed by atoms with Gasteiger partial charge in [0, 0.05) is 0 Å². The maximum Gasteiger partial charge on any atom is 0.306 e. The van der Waals surface area contributed by atoms with E-state index in [2.05, 4.69) is 38.2 Å². The Morgan fingerprint density at radius 1 is 0.533 bits per heavy atom. The maximum atomic E-state index is 11.7. The second-order valence-electron chi connectivity index (χ2n) is 7.87. The highest BCUT2D eigenvalue weighted by molar-refractivity contribution is 5.77. The Hall–Kier alpha value is -1.58. The van der Waals surface area contributed by atoms with Crippen LogP contribution >= 0.6 is 0 Å². The van der Waals surface area contributed by atoms with Crippen molar-refractivity contribution in [3.63, 3.8) is 0 Å². The average molecular weight is 423 g/mol. The van der Waals surface area contributed by atoms with Crippen LogP contribution in [0.5, 0.6) is 0 Å². The highest BCUT2D eigenvalue weighted by Gasteiger charge is 2.08. The summed E-state index contributed by atoms with van der Waals surface area (Å²) < 4.78 is 10.4. The fourth-order valence-electron chi connectivity index (χ4n) is 2.92. The van der Waals surface area contributed by atoms with E-state index in [4.69, 9.17) is 9.47 Å². The van der Waals surface area contributed by atoms with E-state index in [-0.39, 0.29) is 24.8 Å². The zero-order valence-corrected chi connectivity index (χ0v) is 19.7. The van der Waals surface area contributed by atoms with Gasteiger partial charge in [-0.3, -0.25) is 9.59 Å². The maximum absolute atomic E-state index is 11.7. The number of hydrogen-bond donors (Lipinski definition) is 0. The molecule has 0 amide bonds. The van der Waals surface area contributed by atoms with Crippen LogP contribution in [0.2, 0.25) is 0 Å². The van der Waals surface area contributed by atoms with Gasteiger partial charge in [0.15, 0.2) is 0 Å². The van der Waals surface area contributed by atoms with Crippen molar-refractivity contribution in [2.45, 2.75) is 117 Å². The third kappa shape index (κ3) is 22.7. The summed E-state index contributed by atoms with van der Waals surface area (Å²) in [5, 5.41) is 0. The van der Waals surface area contributed by atoms with E-state index < -0.39 is 0 Å². The van der Waals surface area contributed by atoms with E-state index in [9.17, 15) is 9.59 Å². The predicted octanol–water partition coefficient (Wildman–Crippen LogP) is 7.47. The molecule has 0 heterocycles. The van der Waals surface area contributed by atoms with Crippen molar-refractivity contribution < 1.29 is 19.1 Å². The quantitative estimate of drug-likeness (QED) is 0.109. The van der Waals surface area contributed by atoms with Crippen LogP contribution in [-0.2, 0) is 19.1 Å². The van der Waals surface area contributed by atoms with Gasteiger partial charge in [0.25, 0.3) is 0 Å². The van der Waals surface area contributed by atoms with Crippen molar-refractivity contribution in [2.75, 3.05) is 13.2 Å². The van der Waals surface area contributed by atoms with Gasteiger partial charge < -0.3 is 9.47 Å². The Balaban J connectivity index is 3.40. The van der Waals surface area contributed by atoms with Crippen LogP contribution in [0.25, 0.3) is 0 Å². The highest BCUT2D eigenvalue weighted by atomic mass is 16.5. The van der Waals surface area contributed by atoms with E-state index in [1.165, 1.54) is 38.5 Å². The molecule has 0 fully saturated rings. The molecular weight excluding hydrogens is 376 g/mol. The van der Waals surface area contributed by atoms with Gasteiger partial charge in [-0.25, -0.2) is 0 Å². The minimum Gasteiger partial charge on any atom is -0.466 e. The molecule has 0 spiro atoms. The molecule has 0 rings (SSSR count). The van der Waals surface area contributed by atoms with E-state index in [1.54, 1.807) is 0 Å². The van der Waals surface area contributed by atoms with Gasteiger partial charge in [0.2, 0.25) is 0 Å². The van der Waals surface area contributed by atoms with Gasteiger partial charge in [-0.05, 0) is 64.2 Å². The molecule has 0 bridgehead atoms. The first kappa shape index (κ1) is 28.4. The molecule has 0 N–H and O–H groups in total. The largest absolute Gasteiger partial charge is 0.466 e. The zero-order valence-electron chi connectivity index (χ0n) is 19.7. The van der Waals surface area contributed by atoms with Gasteiger partial charge in [0.1, 0.15) is 0 Å². The topological polar surface area (TPSA) is 52.6 Å². The van der Waals surface area contributed by atoms with Crippen LogP contribution in [0.15, 0.2) is 24.3 Å². The third-order valence-electron chi connectivity index (χ3n) is 4.87. The molecule has 30 heavy (non-hydrogen) atoms. The molecule has 0 aromatic heterocycles. The van der Waals surface area contributed by atoms with Gasteiger partial charge in [-0.1, -0.05) is 63.8 Å². The van der Waals surface area contributed by atoms with Gasteiger partial charge in [-0.2, -0.15) is 0 Å². The molecule has 4 nitrogen and oxygen atoms in total. The fourth-order valence-corrected chi connectivity index (χ4v) is 2.92. The lowest BCUT2D eigenvalue weighted by Gasteiger charge is -2.06. The van der Waals surface area contributed by atoms with Gasteiger partial charge in [-0.15, -0.1) is 0 Å². The van der Waals surface area contributed by atoms with Crippen LogP contribution in [0.4, 0.5) is 0 Å². The molecule has 0 saturated heterocycles. The number of hydrogen-bond acceptors (Lipinski definition) is 4. The van der Waals surface area contributed by atoms with Crippen molar-refractivity contribution in [1.29, 1.82) is 0 Å². The molecule has 0 radical (unpaired) electrons. The number of unbranched alkanes of at least 4 members (excludes halogenated alkanes) is 10. The summed E-state index contributed by atoms with van der Waals surface area (Å²) >= 11 is 0. The van der Waals surface area contributed by atoms with Crippen molar-refractivity contribution in [2.24, 2.45) is 0 Å². The van der Waals surface area contributed by atoms with Crippen LogP contribution in [-0.4, -0.2) is 25.2 Å². The number of rotatable bonds is 21. The van der Waals surface area contributed by atoms with Crippen LogP contribution in [0, 0.1) is 0 Å². The summed E-state index contributed by atoms with van der Waals surface area (Å²) in [5.41, 5.74) is 0. The number of carbonyl (C=O) groups excluding carboxylic acids is 2. The van der Waals surface area contributed by atoms with Crippen LogP contribution < -0.4 is 0 Å². The minimum absolute atomic E-state index is 0.113. The normalized spacial score (nSPS) is 11.4. The predicted molar refractivity (Wildman–Crippen MR) is 125 cm³/mol. The average Bonchev–Trinajstić information content (AvgIpc) is 2.75. The summed E-state index contributed by atoms with van der Waals surface area (Å²) in [7, 11) is 0. The smallest absolute Gasteiger partial charge is 0.306 e. The molecular formula is C26H46O4. The van der Waals surface area contributed by atoms with Gasteiger partial charge in [0.05, 0.1) is 26.1 Å². The molecule has 0 unspecified atom stereocenters. The van der Waals surface area contributed by atoms with E-state index in [1.807, 2.05) is 0 Å². The van der Waals surface area contributed by atoms with Crippen LogP contribution in [0.3, 0.4) is 0 Å². The van der Waals surface area contributed by atoms with Crippen LogP contribution in [0.1, 0.15) is 117 Å². The first-order valence-electron chi connectivity index (χ1n) is 12.3. The Labute approximate surface area is 185 Å². The number of esters is 2. The summed E-state index contributed by atoms with van der Waals surface area (Å²) in [6.07, 6.45) is 24.9. The fraction of sp³-hybridized carbons (Fsp3) is 0.769. The van der Waals surface area contributed by atoms with E-state index >= 15 is 0 Å². The standard InChI is InChI=1S/C26H46O4/c1-3-5-7-9-11-13-15-17-19-23-29-25(27)21-22-26(28)30-24-20-18-16-14-12-10-8-6-4-2/h9-12H,3-8,13-24H2,1-2H3/b11-9+,12-10+. The monoisotopic (exact) mass is 422 g/mol. The molecule has 0 aromatic rings. The summed E-state index contributed by atoms with van der Waals surface area (Å²) in [6.45, 7) is 5.30. The Morgan fingerprint density at radius 3 is 1.27 bits per heavy atom. The second-order valence-corrected chi connectivity index (χ2v) is 7.87. The van der Waals surface area contributed by atoms with Crippen molar-refractivity contribution in [3.05, 3.63) is 24.3 Å². The van der Waals surface area contributed by atoms with Gasteiger partial charge >= 0.3 is 11.9 Å². The Bertz CT molecular complexity index is 412. The molecule has 0 aliphatic rings. The first-order chi connectivity index (χ1) is 14.7. The molecule has 0 aliphatic carbocycles. The third-order valence-corrected chi connectivity index (χ3v) is 4.87. The summed E-state index contributed by atoms with van der Waals surface area (Å²) in [6, 6.07) is 0. The molecule has 174 valence electrons. The number of allylic oxidation sites excluding steroid dienone is 4. The lowest BCUT2D eigenvalue weighted by molar-refractivity contribution is -0.150. The summed E-state index contributed by atoms with van der Waals surface area (Å²) in [4.78, 5) is 23.4. The molecule has 0 saturated carbocycles. The number of ether oxygens (including phenoxy) is 2. The summed E-state index contributed by atoms with van der Waals surface area (Å²) in [5.74, 6) is -0.609. The zero-order chi connectivity index (χ0) is 22.1. The molecule has 4 heteroatoms. The van der Waals surface area contributed by atoms with Crippen molar-refractivity contribution >= 4 is 11.9 Å². The molecule has 0 atom stereocenters. The second kappa shape index (κ2) is 23.7. The first-order valence-corrected chi connectivity index (χ1v) is 12.3. The lowest BCUT2D eigenvalue weighted by Crippen LogP contribution is -2.11.